The van der Waals surface area contributed by atoms with Crippen LogP contribution in [0.5, 0.6) is 5.75 Å². The van der Waals surface area contributed by atoms with E-state index in [1.54, 1.807) is 49.4 Å². The zero-order valence-electron chi connectivity index (χ0n) is 15.5. The van der Waals surface area contributed by atoms with E-state index in [0.717, 1.165) is 0 Å². The van der Waals surface area contributed by atoms with Crippen molar-refractivity contribution in [3.05, 3.63) is 60.2 Å². The number of carbonyl (C=O) groups excluding carboxylic acids is 2. The second kappa shape index (κ2) is 9.25. The van der Waals surface area contributed by atoms with Crippen LogP contribution in [0.4, 0.5) is 18.9 Å². The number of carbonyl (C=O) groups is 2. The van der Waals surface area contributed by atoms with Crippen LogP contribution in [0.3, 0.4) is 0 Å². The molecule has 5 nitrogen and oxygen atoms in total. The average molecular weight is 394 g/mol. The number of amides is 2. The Morgan fingerprint density at radius 1 is 1.11 bits per heavy atom. The van der Waals surface area contributed by atoms with Gasteiger partial charge < -0.3 is 15.0 Å². The highest BCUT2D eigenvalue weighted by molar-refractivity contribution is 5.94. The van der Waals surface area contributed by atoms with E-state index in [0.29, 0.717) is 21.9 Å². The smallest absolute Gasteiger partial charge is 0.471 e. The van der Waals surface area contributed by atoms with E-state index < -0.39 is 24.1 Å². The van der Waals surface area contributed by atoms with Crippen molar-refractivity contribution in [2.75, 3.05) is 11.9 Å². The fraction of sp³-hybridized carbons (Fsp3) is 0.300. The first-order valence-electron chi connectivity index (χ1n) is 8.68. The summed E-state index contributed by atoms with van der Waals surface area (Å²) in [4.78, 5) is 24.4. The molecule has 2 aromatic rings. The van der Waals surface area contributed by atoms with E-state index in [1.165, 1.54) is 13.0 Å². The number of para-hydroxylation sites is 1. The molecule has 0 aromatic heterocycles. The number of benzene rings is 2. The van der Waals surface area contributed by atoms with Gasteiger partial charge in [0.05, 0.1) is 0 Å². The van der Waals surface area contributed by atoms with Gasteiger partial charge in [0, 0.05) is 18.8 Å². The molecular weight excluding hydrogens is 373 g/mol. The van der Waals surface area contributed by atoms with Crippen LogP contribution in [0.1, 0.15) is 19.4 Å². The van der Waals surface area contributed by atoms with Crippen molar-refractivity contribution < 1.29 is 27.5 Å². The Morgan fingerprint density at radius 3 is 2.39 bits per heavy atom. The molecule has 2 rings (SSSR count). The molecule has 0 saturated heterocycles. The second-order valence-corrected chi connectivity index (χ2v) is 6.08. The highest BCUT2D eigenvalue weighted by atomic mass is 19.4. The van der Waals surface area contributed by atoms with E-state index in [1.807, 2.05) is 6.07 Å². The first kappa shape index (κ1) is 21.3. The molecule has 2 amide bonds. The molecule has 0 bridgehead atoms. The molecule has 0 aliphatic carbocycles. The van der Waals surface area contributed by atoms with Gasteiger partial charge in [-0.25, -0.2) is 0 Å². The monoisotopic (exact) mass is 394 g/mol. The Bertz CT molecular complexity index is 810. The molecule has 0 aliphatic rings. The van der Waals surface area contributed by atoms with Crippen molar-refractivity contribution in [3.8, 4) is 5.75 Å². The minimum absolute atomic E-state index is 0.0864. The van der Waals surface area contributed by atoms with Gasteiger partial charge in [0.2, 0.25) is 0 Å². The lowest BCUT2D eigenvalue weighted by atomic mass is 10.1. The van der Waals surface area contributed by atoms with Crippen LogP contribution in [0.25, 0.3) is 0 Å². The Hall–Kier alpha value is -3.03. The third-order valence-corrected chi connectivity index (χ3v) is 3.90. The van der Waals surface area contributed by atoms with Gasteiger partial charge in [-0.3, -0.25) is 9.59 Å². The molecule has 0 aliphatic heterocycles. The molecule has 2 aromatic carbocycles. The van der Waals surface area contributed by atoms with Crippen LogP contribution in [0.2, 0.25) is 0 Å². The molecule has 28 heavy (non-hydrogen) atoms. The molecule has 8 heteroatoms. The zero-order chi connectivity index (χ0) is 20.7. The van der Waals surface area contributed by atoms with Gasteiger partial charge in [-0.15, -0.1) is 0 Å². The van der Waals surface area contributed by atoms with E-state index in [-0.39, 0.29) is 13.1 Å². The maximum Gasteiger partial charge on any atom is 0.471 e. The van der Waals surface area contributed by atoms with Crippen molar-refractivity contribution in [3.63, 3.8) is 0 Å². The molecule has 0 spiro atoms. The summed E-state index contributed by atoms with van der Waals surface area (Å²) in [5, 5.41) is 2.66. The van der Waals surface area contributed by atoms with Crippen LogP contribution in [0, 0.1) is 0 Å². The van der Waals surface area contributed by atoms with Crippen molar-refractivity contribution in [1.29, 1.82) is 0 Å². The Labute approximate surface area is 161 Å². The molecule has 0 saturated carbocycles. The van der Waals surface area contributed by atoms with Crippen molar-refractivity contribution in [2.24, 2.45) is 0 Å². The molecule has 0 unspecified atom stereocenters. The fourth-order valence-electron chi connectivity index (χ4n) is 2.47. The average Bonchev–Trinajstić information content (AvgIpc) is 2.66. The molecule has 1 N–H and O–H groups in total. The minimum Gasteiger partial charge on any atom is -0.481 e. The predicted molar refractivity (Wildman–Crippen MR) is 98.7 cm³/mol. The number of anilines is 1. The minimum atomic E-state index is -4.92. The quantitative estimate of drug-likeness (QED) is 0.772. The number of nitrogens with zero attached hydrogens (tertiary/aromatic N) is 1. The van der Waals surface area contributed by atoms with E-state index in [2.05, 4.69) is 5.32 Å². The standard InChI is InChI=1S/C20H21F3N2O3/c1-3-25(19(27)20(21,22)23)13-15-8-7-9-16(12-15)24-18(26)14(2)28-17-10-5-4-6-11-17/h4-12,14H,3,13H2,1-2H3,(H,24,26)/t14-/m1/s1. The van der Waals surface area contributed by atoms with Crippen LogP contribution >= 0.6 is 0 Å². The van der Waals surface area contributed by atoms with Crippen LogP contribution in [-0.4, -0.2) is 35.5 Å². The summed E-state index contributed by atoms with van der Waals surface area (Å²) in [5.74, 6) is -1.75. The van der Waals surface area contributed by atoms with Crippen molar-refractivity contribution in [1.82, 2.24) is 4.90 Å². The van der Waals surface area contributed by atoms with Gasteiger partial charge in [0.15, 0.2) is 6.10 Å². The summed E-state index contributed by atoms with van der Waals surface area (Å²) >= 11 is 0. The van der Waals surface area contributed by atoms with Gasteiger partial charge >= 0.3 is 12.1 Å². The second-order valence-electron chi connectivity index (χ2n) is 6.08. The summed E-state index contributed by atoms with van der Waals surface area (Å²) in [6.45, 7) is 2.76. The Kier molecular flexibility index (Phi) is 7.03. The molecule has 150 valence electrons. The number of rotatable bonds is 7. The lowest BCUT2D eigenvalue weighted by molar-refractivity contribution is -0.185. The third-order valence-electron chi connectivity index (χ3n) is 3.90. The number of alkyl halides is 3. The SMILES string of the molecule is CCN(Cc1cccc(NC(=O)[C@@H](C)Oc2ccccc2)c1)C(=O)C(F)(F)F. The first-order chi connectivity index (χ1) is 13.2. The summed E-state index contributed by atoms with van der Waals surface area (Å²) in [7, 11) is 0. The topological polar surface area (TPSA) is 58.6 Å². The molecule has 0 heterocycles. The molecule has 0 fully saturated rings. The maximum absolute atomic E-state index is 12.6. The lowest BCUT2D eigenvalue weighted by Crippen LogP contribution is -2.40. The normalized spacial score (nSPS) is 12.2. The fourth-order valence-corrected chi connectivity index (χ4v) is 2.47. The highest BCUT2D eigenvalue weighted by Crippen LogP contribution is 2.21. The van der Waals surface area contributed by atoms with Gasteiger partial charge in [0.25, 0.3) is 5.91 Å². The number of hydrogen-bond acceptors (Lipinski definition) is 3. The van der Waals surface area contributed by atoms with E-state index in [9.17, 15) is 22.8 Å². The number of nitrogens with one attached hydrogen (secondary N) is 1. The van der Waals surface area contributed by atoms with Gasteiger partial charge in [-0.05, 0) is 43.7 Å². The number of halogens is 3. The van der Waals surface area contributed by atoms with E-state index in [4.69, 9.17) is 4.74 Å². The lowest BCUT2D eigenvalue weighted by Gasteiger charge is -2.22. The maximum atomic E-state index is 12.6. The van der Waals surface area contributed by atoms with Gasteiger partial charge in [-0.1, -0.05) is 30.3 Å². The zero-order valence-corrected chi connectivity index (χ0v) is 15.5. The number of hydrogen-bond donors (Lipinski definition) is 1. The van der Waals surface area contributed by atoms with Gasteiger partial charge in [0.1, 0.15) is 5.75 Å². The molecular formula is C20H21F3N2O3. The predicted octanol–water partition coefficient (Wildman–Crippen LogP) is 4.00. The van der Waals surface area contributed by atoms with Crippen molar-refractivity contribution in [2.45, 2.75) is 32.7 Å². The van der Waals surface area contributed by atoms with Crippen LogP contribution in [0.15, 0.2) is 54.6 Å². The largest absolute Gasteiger partial charge is 0.481 e. The van der Waals surface area contributed by atoms with Crippen LogP contribution in [-0.2, 0) is 16.1 Å². The third kappa shape index (κ3) is 6.00. The van der Waals surface area contributed by atoms with Gasteiger partial charge in [-0.2, -0.15) is 13.2 Å². The summed E-state index contributed by atoms with van der Waals surface area (Å²) in [5.41, 5.74) is 0.871. The van der Waals surface area contributed by atoms with Crippen molar-refractivity contribution >= 4 is 17.5 Å². The first-order valence-corrected chi connectivity index (χ1v) is 8.68. The summed E-state index contributed by atoms with van der Waals surface area (Å²) in [6, 6.07) is 15.2. The summed E-state index contributed by atoms with van der Waals surface area (Å²) in [6.07, 6.45) is -5.70. The molecule has 0 radical (unpaired) electrons. The Balaban J connectivity index is 2.02. The summed E-state index contributed by atoms with van der Waals surface area (Å²) < 4.78 is 43.5. The van der Waals surface area contributed by atoms with E-state index >= 15 is 0 Å². The molecule has 1 atom stereocenters. The Morgan fingerprint density at radius 2 is 1.79 bits per heavy atom. The highest BCUT2D eigenvalue weighted by Gasteiger charge is 2.41. The number of ether oxygens (including phenoxy) is 1. The van der Waals surface area contributed by atoms with Crippen LogP contribution < -0.4 is 10.1 Å².